The molecule has 1 rings (SSSR count). The smallest absolute Gasteiger partial charge is 0.407 e. The Hall–Kier alpha value is -1.99. The second-order valence-corrected chi connectivity index (χ2v) is 4.65. The van der Waals surface area contributed by atoms with Crippen molar-refractivity contribution in [2.45, 2.75) is 54.0 Å². The van der Waals surface area contributed by atoms with Crippen LogP contribution in [0.5, 0.6) is 0 Å². The lowest BCUT2D eigenvalue weighted by molar-refractivity contribution is -0.130. The average molecular weight is 342 g/mol. The SMILES string of the molecule is CC.CCC.[B]c1cnc(CN(CCC)C(=O)CNC(=O)OC)[nH]1.[HH].[HH]. The summed E-state index contributed by atoms with van der Waals surface area (Å²) in [6, 6.07) is 0. The molecule has 0 bridgehead atoms. The first-order valence-electron chi connectivity index (χ1n) is 8.37. The summed E-state index contributed by atoms with van der Waals surface area (Å²) in [5.74, 6) is 0.402. The summed E-state index contributed by atoms with van der Waals surface area (Å²) in [7, 11) is 6.77. The van der Waals surface area contributed by atoms with Crippen molar-refractivity contribution in [3.05, 3.63) is 12.0 Å². The molecule has 0 saturated carbocycles. The Morgan fingerprint density at radius 2 is 1.96 bits per heavy atom. The van der Waals surface area contributed by atoms with Gasteiger partial charge in [0.05, 0.1) is 13.7 Å². The maximum atomic E-state index is 11.9. The Morgan fingerprint density at radius 3 is 2.38 bits per heavy atom. The maximum absolute atomic E-state index is 11.9. The van der Waals surface area contributed by atoms with E-state index in [1.54, 1.807) is 4.90 Å². The number of H-pyrrole nitrogens is 1. The van der Waals surface area contributed by atoms with Crippen LogP contribution < -0.4 is 10.9 Å². The highest BCUT2D eigenvalue weighted by Gasteiger charge is 2.15. The molecule has 8 heteroatoms. The number of hydrogen-bond donors (Lipinski definition) is 2. The number of hydrogen-bond acceptors (Lipinski definition) is 4. The molecule has 0 aromatic carbocycles. The van der Waals surface area contributed by atoms with Gasteiger partial charge in [0.25, 0.3) is 0 Å². The molecule has 1 aromatic rings. The van der Waals surface area contributed by atoms with E-state index in [9.17, 15) is 9.59 Å². The zero-order chi connectivity index (χ0) is 19.0. The summed E-state index contributed by atoms with van der Waals surface area (Å²) in [4.78, 5) is 31.4. The minimum absolute atomic E-state index is 0. The summed E-state index contributed by atoms with van der Waals surface area (Å²) < 4.78 is 4.41. The summed E-state index contributed by atoms with van der Waals surface area (Å²) in [6.07, 6.45) is 2.92. The van der Waals surface area contributed by atoms with Crippen LogP contribution in [-0.4, -0.2) is 54.9 Å². The van der Waals surface area contributed by atoms with Gasteiger partial charge in [0.2, 0.25) is 5.91 Å². The Morgan fingerprint density at radius 1 is 1.38 bits per heavy atom. The van der Waals surface area contributed by atoms with E-state index in [-0.39, 0.29) is 15.3 Å². The van der Waals surface area contributed by atoms with Crippen molar-refractivity contribution in [1.29, 1.82) is 0 Å². The number of nitrogens with zero attached hydrogens (tertiary/aromatic N) is 2. The first-order chi connectivity index (χ1) is 11.5. The van der Waals surface area contributed by atoms with Gasteiger partial charge in [-0.05, 0) is 12.0 Å². The van der Waals surface area contributed by atoms with E-state index in [1.807, 2.05) is 20.8 Å². The van der Waals surface area contributed by atoms with Crippen molar-refractivity contribution in [3.63, 3.8) is 0 Å². The highest BCUT2D eigenvalue weighted by atomic mass is 16.5. The normalized spacial score (nSPS) is 8.92. The topological polar surface area (TPSA) is 87.3 Å². The van der Waals surface area contributed by atoms with E-state index in [1.165, 1.54) is 19.7 Å². The van der Waals surface area contributed by atoms with E-state index in [4.69, 9.17) is 7.85 Å². The van der Waals surface area contributed by atoms with Crippen LogP contribution in [0.15, 0.2) is 6.20 Å². The molecule has 0 atom stereocenters. The molecular weight excluding hydrogens is 307 g/mol. The van der Waals surface area contributed by atoms with Gasteiger partial charge >= 0.3 is 6.09 Å². The lowest BCUT2D eigenvalue weighted by atomic mass is 10.1. The predicted molar refractivity (Wildman–Crippen MR) is 102 cm³/mol. The van der Waals surface area contributed by atoms with E-state index in [0.29, 0.717) is 24.5 Å². The molecule has 0 aliphatic rings. The monoisotopic (exact) mass is 342 g/mol. The van der Waals surface area contributed by atoms with Gasteiger partial charge in [-0.3, -0.25) is 4.79 Å². The van der Waals surface area contributed by atoms with Crippen LogP contribution in [0.1, 0.15) is 56.1 Å². The molecule has 2 amide bonds. The van der Waals surface area contributed by atoms with Gasteiger partial charge < -0.3 is 19.9 Å². The number of aromatic nitrogens is 2. The van der Waals surface area contributed by atoms with Gasteiger partial charge in [0, 0.05) is 15.6 Å². The van der Waals surface area contributed by atoms with Gasteiger partial charge in [0.1, 0.15) is 20.2 Å². The lowest BCUT2D eigenvalue weighted by Crippen LogP contribution is -2.40. The Balaban J connectivity index is -0.000000313. The quantitative estimate of drug-likeness (QED) is 0.776. The van der Waals surface area contributed by atoms with Crippen molar-refractivity contribution in [3.8, 4) is 0 Å². The van der Waals surface area contributed by atoms with Crippen molar-refractivity contribution in [2.75, 3.05) is 20.2 Å². The van der Waals surface area contributed by atoms with Gasteiger partial charge in [-0.1, -0.05) is 41.0 Å². The van der Waals surface area contributed by atoms with Crippen LogP contribution in [0.4, 0.5) is 4.79 Å². The predicted octanol–water partition coefficient (Wildman–Crippen LogP) is 2.23. The number of alkyl carbamates (subject to hydrolysis) is 1. The number of rotatable bonds is 6. The van der Waals surface area contributed by atoms with Crippen LogP contribution in [-0.2, 0) is 16.1 Å². The molecule has 1 heterocycles. The number of aromatic amines is 1. The summed E-state index contributed by atoms with van der Waals surface area (Å²) in [5.41, 5.74) is 0.451. The first-order valence-corrected chi connectivity index (χ1v) is 8.37. The highest BCUT2D eigenvalue weighted by Crippen LogP contribution is 2.00. The summed E-state index contributed by atoms with van der Waals surface area (Å²) in [6.45, 7) is 11.0. The van der Waals surface area contributed by atoms with Crippen molar-refractivity contribution >= 4 is 25.4 Å². The average Bonchev–Trinajstić information content (AvgIpc) is 2.99. The number of nitrogens with one attached hydrogen (secondary N) is 2. The van der Waals surface area contributed by atoms with Crippen LogP contribution in [0.3, 0.4) is 0 Å². The molecular formula is C16H35BN4O3. The zero-order valence-corrected chi connectivity index (χ0v) is 15.8. The highest BCUT2D eigenvalue weighted by molar-refractivity contribution is 6.30. The second kappa shape index (κ2) is 15.9. The number of methoxy groups -OCH3 is 1. The lowest BCUT2D eigenvalue weighted by Gasteiger charge is -2.21. The number of carbonyl (C=O) groups is 2. The fraction of sp³-hybridized carbons (Fsp3) is 0.688. The molecule has 0 aliphatic carbocycles. The summed E-state index contributed by atoms with van der Waals surface area (Å²) in [5, 5.41) is 2.35. The molecule has 0 spiro atoms. The molecule has 0 unspecified atom stereocenters. The second-order valence-electron chi connectivity index (χ2n) is 4.65. The largest absolute Gasteiger partial charge is 0.453 e. The standard InChI is InChI=1S/C11H17BN4O3.C3H8.C2H6.2H2/c1-3-4-16(7-9-13-5-8(12)15-9)10(17)6-14-11(18)19-2;1-3-2;1-2;;/h5H,3-4,6-7H2,1-2H3,(H,13,15)(H,14,18);3H2,1-2H3;1-2H3;2*1H. The minimum atomic E-state index is -0.632. The third kappa shape index (κ3) is 11.6. The molecule has 140 valence electrons. The van der Waals surface area contributed by atoms with Gasteiger partial charge in [0.15, 0.2) is 0 Å². The minimum Gasteiger partial charge on any atom is -0.453 e. The van der Waals surface area contributed by atoms with Crippen LogP contribution in [0.2, 0.25) is 0 Å². The zero-order valence-electron chi connectivity index (χ0n) is 15.8. The van der Waals surface area contributed by atoms with E-state index in [0.717, 1.165) is 6.42 Å². The number of ether oxygens (including phenoxy) is 1. The molecule has 0 saturated heterocycles. The molecule has 2 N–H and O–H groups in total. The Labute approximate surface area is 149 Å². The molecule has 2 radical (unpaired) electrons. The van der Waals surface area contributed by atoms with Gasteiger partial charge in [-0.15, -0.1) is 0 Å². The first kappa shape index (κ1) is 24.3. The van der Waals surface area contributed by atoms with E-state index in [2.05, 4.69) is 33.9 Å². The third-order valence-corrected chi connectivity index (χ3v) is 2.40. The molecule has 0 aliphatic heterocycles. The van der Waals surface area contributed by atoms with Crippen LogP contribution >= 0.6 is 0 Å². The van der Waals surface area contributed by atoms with Crippen molar-refractivity contribution in [1.82, 2.24) is 20.2 Å². The molecule has 7 nitrogen and oxygen atoms in total. The fourth-order valence-corrected chi connectivity index (χ4v) is 1.53. The Kier molecular flexibility index (Phi) is 16.1. The van der Waals surface area contributed by atoms with Gasteiger partial charge in [-0.25, -0.2) is 9.78 Å². The number of amides is 2. The van der Waals surface area contributed by atoms with Crippen LogP contribution in [0, 0.1) is 0 Å². The molecule has 0 fully saturated rings. The number of imidazole rings is 1. The van der Waals surface area contributed by atoms with Crippen LogP contribution in [0.25, 0.3) is 0 Å². The van der Waals surface area contributed by atoms with Crippen molar-refractivity contribution in [2.24, 2.45) is 0 Å². The maximum Gasteiger partial charge on any atom is 0.407 e. The van der Waals surface area contributed by atoms with E-state index >= 15 is 0 Å². The van der Waals surface area contributed by atoms with E-state index < -0.39 is 6.09 Å². The molecule has 24 heavy (non-hydrogen) atoms. The third-order valence-electron chi connectivity index (χ3n) is 2.40. The molecule has 1 aromatic heterocycles. The summed E-state index contributed by atoms with van der Waals surface area (Å²) >= 11 is 0. The Bertz CT molecular complexity index is 462. The van der Waals surface area contributed by atoms with Crippen molar-refractivity contribution < 1.29 is 17.2 Å². The van der Waals surface area contributed by atoms with Gasteiger partial charge in [-0.2, -0.15) is 0 Å². The number of carbonyl (C=O) groups excluding carboxylic acids is 2. The fourth-order valence-electron chi connectivity index (χ4n) is 1.53.